The molecular weight excluding hydrogens is 234 g/mol. The van der Waals surface area contributed by atoms with Crippen LogP contribution >= 0.6 is 11.3 Å². The van der Waals surface area contributed by atoms with Crippen molar-refractivity contribution in [2.75, 3.05) is 5.73 Å². The Hall–Kier alpha value is -2.14. The van der Waals surface area contributed by atoms with Crippen LogP contribution in [-0.2, 0) is 0 Å². The van der Waals surface area contributed by atoms with Crippen LogP contribution in [0.2, 0.25) is 0 Å². The highest BCUT2D eigenvalue weighted by Crippen LogP contribution is 2.35. The molecule has 84 valence electrons. The highest BCUT2D eigenvalue weighted by atomic mass is 32.1. The van der Waals surface area contributed by atoms with Gasteiger partial charge in [0.05, 0.1) is 5.56 Å². The summed E-state index contributed by atoms with van der Waals surface area (Å²) in [5.41, 5.74) is 6.21. The molecule has 17 heavy (non-hydrogen) atoms. The molecule has 0 aliphatic rings. The number of phenols is 1. The Morgan fingerprint density at radius 1 is 1.06 bits per heavy atom. The van der Waals surface area contributed by atoms with E-state index in [-0.39, 0.29) is 5.75 Å². The molecule has 0 aliphatic carbocycles. The van der Waals surface area contributed by atoms with Crippen molar-refractivity contribution < 1.29 is 5.11 Å². The second-order valence-electron chi connectivity index (χ2n) is 3.66. The van der Waals surface area contributed by atoms with Crippen molar-refractivity contribution in [2.24, 2.45) is 0 Å². The molecule has 0 saturated heterocycles. The van der Waals surface area contributed by atoms with Crippen LogP contribution in [0, 0.1) is 0 Å². The number of hydrogen-bond acceptors (Lipinski definition) is 5. The smallest absolute Gasteiger partial charge is 0.203 e. The summed E-state index contributed by atoms with van der Waals surface area (Å²) >= 11 is 1.26. The summed E-state index contributed by atoms with van der Waals surface area (Å²) in [6.07, 6.45) is 0. The Labute approximate surface area is 101 Å². The van der Waals surface area contributed by atoms with Crippen molar-refractivity contribution in [3.63, 3.8) is 0 Å². The first kappa shape index (κ1) is 10.0. The number of hydrogen-bond donors (Lipinski definition) is 2. The second-order valence-corrected chi connectivity index (χ2v) is 4.67. The lowest BCUT2D eigenvalue weighted by Gasteiger charge is -2.03. The first-order chi connectivity index (χ1) is 8.24. The van der Waals surface area contributed by atoms with Gasteiger partial charge in [0.15, 0.2) is 5.01 Å². The molecule has 1 heterocycles. The van der Waals surface area contributed by atoms with Gasteiger partial charge in [0.1, 0.15) is 5.75 Å². The van der Waals surface area contributed by atoms with Crippen molar-refractivity contribution in [3.8, 4) is 16.3 Å². The van der Waals surface area contributed by atoms with E-state index >= 15 is 0 Å². The maximum absolute atomic E-state index is 9.97. The van der Waals surface area contributed by atoms with Gasteiger partial charge in [-0.05, 0) is 22.9 Å². The van der Waals surface area contributed by atoms with Crippen LogP contribution in [0.5, 0.6) is 5.75 Å². The number of phenolic OH excluding ortho intramolecular Hbond substituents is 1. The predicted molar refractivity (Wildman–Crippen MR) is 68.9 cm³/mol. The fourth-order valence-corrected chi connectivity index (χ4v) is 2.38. The number of nitrogens with zero attached hydrogens (tertiary/aromatic N) is 2. The summed E-state index contributed by atoms with van der Waals surface area (Å²) in [7, 11) is 0. The molecule has 0 radical (unpaired) electrons. The van der Waals surface area contributed by atoms with E-state index in [9.17, 15) is 5.11 Å². The largest absolute Gasteiger partial charge is 0.507 e. The average Bonchev–Trinajstić information content (AvgIpc) is 2.75. The zero-order valence-corrected chi connectivity index (χ0v) is 9.61. The highest BCUT2D eigenvalue weighted by molar-refractivity contribution is 7.18. The Morgan fingerprint density at radius 3 is 2.41 bits per heavy atom. The minimum Gasteiger partial charge on any atom is -0.507 e. The van der Waals surface area contributed by atoms with Crippen LogP contribution in [0.15, 0.2) is 36.4 Å². The molecule has 0 saturated carbocycles. The quantitative estimate of drug-likeness (QED) is 0.689. The SMILES string of the molecule is Nc1nnc(-c2cc3ccccc3cc2O)s1. The fourth-order valence-electron chi connectivity index (χ4n) is 1.74. The van der Waals surface area contributed by atoms with Gasteiger partial charge in [-0.25, -0.2) is 0 Å². The number of benzene rings is 2. The van der Waals surface area contributed by atoms with Crippen LogP contribution in [-0.4, -0.2) is 15.3 Å². The molecule has 0 aliphatic heterocycles. The van der Waals surface area contributed by atoms with Gasteiger partial charge in [-0.15, -0.1) is 10.2 Å². The maximum atomic E-state index is 9.97. The lowest BCUT2D eigenvalue weighted by molar-refractivity contribution is 0.478. The highest BCUT2D eigenvalue weighted by Gasteiger charge is 2.10. The van der Waals surface area contributed by atoms with Gasteiger partial charge < -0.3 is 10.8 Å². The molecule has 0 spiro atoms. The van der Waals surface area contributed by atoms with Crippen molar-refractivity contribution in [3.05, 3.63) is 36.4 Å². The number of fused-ring (bicyclic) bond motifs is 1. The number of aromatic nitrogens is 2. The van der Waals surface area contributed by atoms with Gasteiger partial charge in [0.2, 0.25) is 5.13 Å². The minimum absolute atomic E-state index is 0.194. The van der Waals surface area contributed by atoms with Crippen LogP contribution in [0.25, 0.3) is 21.3 Å². The Balaban J connectivity index is 2.26. The molecule has 0 amide bonds. The molecule has 1 aromatic heterocycles. The third-order valence-corrected chi connectivity index (χ3v) is 3.32. The lowest BCUT2D eigenvalue weighted by atomic mass is 10.1. The summed E-state index contributed by atoms with van der Waals surface area (Å²) in [5, 5.41) is 20.7. The summed E-state index contributed by atoms with van der Waals surface area (Å²) in [6.45, 7) is 0. The van der Waals surface area contributed by atoms with Crippen LogP contribution < -0.4 is 5.73 Å². The Bertz CT molecular complexity index is 693. The van der Waals surface area contributed by atoms with Crippen LogP contribution in [0.4, 0.5) is 5.13 Å². The zero-order chi connectivity index (χ0) is 11.8. The predicted octanol–water partition coefficient (Wildman–Crippen LogP) is 2.65. The standard InChI is InChI=1S/C12H9N3OS/c13-12-15-14-11(17-12)9-5-7-3-1-2-4-8(7)6-10(9)16/h1-6,16H,(H2,13,15). The molecule has 2 aromatic carbocycles. The topological polar surface area (TPSA) is 72.0 Å². The van der Waals surface area contributed by atoms with E-state index < -0.39 is 0 Å². The summed E-state index contributed by atoms with van der Waals surface area (Å²) in [4.78, 5) is 0. The van der Waals surface area contributed by atoms with E-state index in [0.29, 0.717) is 15.7 Å². The lowest BCUT2D eigenvalue weighted by Crippen LogP contribution is -1.81. The summed E-state index contributed by atoms with van der Waals surface area (Å²) < 4.78 is 0. The van der Waals surface area contributed by atoms with E-state index in [0.717, 1.165) is 10.8 Å². The normalized spacial score (nSPS) is 10.8. The van der Waals surface area contributed by atoms with Crippen molar-refractivity contribution >= 4 is 27.2 Å². The van der Waals surface area contributed by atoms with Crippen molar-refractivity contribution in [1.82, 2.24) is 10.2 Å². The van der Waals surface area contributed by atoms with E-state index in [1.165, 1.54) is 11.3 Å². The number of nitrogen functional groups attached to an aromatic ring is 1. The molecule has 4 nitrogen and oxygen atoms in total. The molecule has 0 fully saturated rings. The number of nitrogens with two attached hydrogens (primary N) is 1. The molecule has 3 N–H and O–H groups in total. The molecular formula is C12H9N3OS. The number of aromatic hydroxyl groups is 1. The van der Waals surface area contributed by atoms with E-state index in [1.54, 1.807) is 6.07 Å². The molecule has 5 heteroatoms. The first-order valence-electron chi connectivity index (χ1n) is 5.05. The van der Waals surface area contributed by atoms with E-state index in [2.05, 4.69) is 10.2 Å². The van der Waals surface area contributed by atoms with Crippen LogP contribution in [0.1, 0.15) is 0 Å². The maximum Gasteiger partial charge on any atom is 0.203 e. The van der Waals surface area contributed by atoms with Gasteiger partial charge in [0, 0.05) is 0 Å². The first-order valence-corrected chi connectivity index (χ1v) is 5.87. The third-order valence-electron chi connectivity index (χ3n) is 2.54. The zero-order valence-electron chi connectivity index (χ0n) is 8.79. The Morgan fingerprint density at radius 2 is 1.76 bits per heavy atom. The van der Waals surface area contributed by atoms with E-state index in [4.69, 9.17) is 5.73 Å². The molecule has 3 rings (SSSR count). The molecule has 0 unspecified atom stereocenters. The van der Waals surface area contributed by atoms with Gasteiger partial charge in [0.25, 0.3) is 0 Å². The molecule has 3 aromatic rings. The summed E-state index contributed by atoms with van der Waals surface area (Å²) in [6, 6.07) is 11.4. The minimum atomic E-state index is 0.194. The number of rotatable bonds is 1. The fraction of sp³-hybridized carbons (Fsp3) is 0. The van der Waals surface area contributed by atoms with E-state index in [1.807, 2.05) is 30.3 Å². The van der Waals surface area contributed by atoms with Gasteiger partial charge in [-0.2, -0.15) is 0 Å². The van der Waals surface area contributed by atoms with Crippen LogP contribution in [0.3, 0.4) is 0 Å². The van der Waals surface area contributed by atoms with Gasteiger partial charge >= 0.3 is 0 Å². The monoisotopic (exact) mass is 243 g/mol. The van der Waals surface area contributed by atoms with Gasteiger partial charge in [-0.3, -0.25) is 0 Å². The molecule has 0 atom stereocenters. The van der Waals surface area contributed by atoms with Crippen molar-refractivity contribution in [2.45, 2.75) is 0 Å². The summed E-state index contributed by atoms with van der Waals surface area (Å²) in [5.74, 6) is 0.194. The molecule has 0 bridgehead atoms. The number of anilines is 1. The van der Waals surface area contributed by atoms with Gasteiger partial charge in [-0.1, -0.05) is 35.6 Å². The average molecular weight is 243 g/mol. The van der Waals surface area contributed by atoms with Crippen molar-refractivity contribution in [1.29, 1.82) is 0 Å². The second kappa shape index (κ2) is 3.71. The third kappa shape index (κ3) is 1.70. The Kier molecular flexibility index (Phi) is 2.19.